The molecule has 1 amide bonds. The molecule has 3 N–H and O–H groups in total. The molecular weight excluding hydrogens is 287 g/mol. The van der Waals surface area contributed by atoms with E-state index >= 15 is 0 Å². The Balaban J connectivity index is 0.00000324. The maximum absolute atomic E-state index is 13.3. The number of hydrogen-bond acceptors (Lipinski definition) is 3. The van der Waals surface area contributed by atoms with Crippen molar-refractivity contribution in [2.45, 2.75) is 24.2 Å². The highest BCUT2D eigenvalue weighted by atomic mass is 35.5. The van der Waals surface area contributed by atoms with Crippen LogP contribution in [-0.2, 0) is 4.79 Å². The van der Waals surface area contributed by atoms with E-state index in [1.165, 1.54) is 17.8 Å². The van der Waals surface area contributed by atoms with Gasteiger partial charge in [-0.25, -0.2) is 4.39 Å². The molecular formula is C13H20ClFN2OS. The molecule has 0 saturated heterocycles. The fourth-order valence-electron chi connectivity index (χ4n) is 1.40. The third-order valence-corrected chi connectivity index (χ3v) is 3.43. The van der Waals surface area contributed by atoms with Crippen molar-refractivity contribution >= 4 is 30.1 Å². The van der Waals surface area contributed by atoms with Crippen LogP contribution in [0.5, 0.6) is 0 Å². The van der Waals surface area contributed by atoms with Crippen molar-refractivity contribution < 1.29 is 9.18 Å². The smallest absolute Gasteiger partial charge is 0.220 e. The van der Waals surface area contributed by atoms with Crippen LogP contribution in [0.1, 0.15) is 19.3 Å². The number of nitrogens with one attached hydrogen (secondary N) is 1. The lowest BCUT2D eigenvalue weighted by Gasteiger charge is -2.05. The summed E-state index contributed by atoms with van der Waals surface area (Å²) in [5.41, 5.74) is 5.35. The van der Waals surface area contributed by atoms with Crippen molar-refractivity contribution in [1.82, 2.24) is 5.32 Å². The summed E-state index contributed by atoms with van der Waals surface area (Å²) in [6.45, 7) is 1.32. The molecule has 19 heavy (non-hydrogen) atoms. The Kier molecular flexibility index (Phi) is 10.6. The molecule has 0 aliphatic rings. The average molecular weight is 307 g/mol. The Bertz CT molecular complexity index is 379. The molecule has 1 aromatic carbocycles. The van der Waals surface area contributed by atoms with Gasteiger partial charge in [-0.15, -0.1) is 24.2 Å². The predicted octanol–water partition coefficient (Wildman–Crippen LogP) is 2.58. The molecule has 0 heterocycles. The number of hydrogen-bond donors (Lipinski definition) is 2. The summed E-state index contributed by atoms with van der Waals surface area (Å²) in [5.74, 6) is 0.366. The van der Waals surface area contributed by atoms with Crippen molar-refractivity contribution in [2.24, 2.45) is 5.73 Å². The Labute approximate surface area is 123 Å². The molecule has 3 nitrogen and oxygen atoms in total. The van der Waals surface area contributed by atoms with Crippen LogP contribution in [0.3, 0.4) is 0 Å². The maximum atomic E-state index is 13.3. The number of carbonyl (C=O) groups is 1. The summed E-state index contributed by atoms with van der Waals surface area (Å²) < 4.78 is 13.3. The number of benzene rings is 1. The largest absolute Gasteiger partial charge is 0.356 e. The maximum Gasteiger partial charge on any atom is 0.220 e. The molecule has 0 unspecified atom stereocenters. The number of amides is 1. The molecule has 0 saturated carbocycles. The van der Waals surface area contributed by atoms with Crippen LogP contribution in [0.2, 0.25) is 0 Å². The number of halogens is 2. The van der Waals surface area contributed by atoms with Crippen LogP contribution >= 0.6 is 24.2 Å². The molecule has 1 aromatic rings. The Morgan fingerprint density at radius 3 is 2.74 bits per heavy atom. The molecule has 6 heteroatoms. The van der Waals surface area contributed by atoms with Gasteiger partial charge in [0.15, 0.2) is 0 Å². The first-order chi connectivity index (χ1) is 8.74. The van der Waals surface area contributed by atoms with Crippen molar-refractivity contribution in [3.05, 3.63) is 30.1 Å². The summed E-state index contributed by atoms with van der Waals surface area (Å²) in [6, 6.07) is 6.59. The lowest BCUT2D eigenvalue weighted by Crippen LogP contribution is -2.25. The zero-order valence-corrected chi connectivity index (χ0v) is 12.4. The summed E-state index contributed by atoms with van der Waals surface area (Å²) in [4.78, 5) is 12.0. The molecule has 0 aromatic heterocycles. The van der Waals surface area contributed by atoms with Crippen LogP contribution < -0.4 is 11.1 Å². The van der Waals surface area contributed by atoms with Gasteiger partial charge in [-0.3, -0.25) is 4.79 Å². The van der Waals surface area contributed by atoms with E-state index in [9.17, 15) is 9.18 Å². The van der Waals surface area contributed by atoms with Gasteiger partial charge in [-0.05, 0) is 31.5 Å². The van der Waals surface area contributed by atoms with Gasteiger partial charge in [0, 0.05) is 23.6 Å². The minimum absolute atomic E-state index is 0. The second kappa shape index (κ2) is 11.1. The lowest BCUT2D eigenvalue weighted by atomic mass is 10.3. The quantitative estimate of drug-likeness (QED) is 0.573. The van der Waals surface area contributed by atoms with Gasteiger partial charge in [-0.2, -0.15) is 0 Å². The average Bonchev–Trinajstić information content (AvgIpc) is 2.37. The standard InChI is InChI=1S/C13H19FN2OS.ClH/c14-11-5-1-2-6-12(11)18-10-7-13(17)16-9-4-3-8-15;/h1-2,5-6H,3-4,7-10,15H2,(H,16,17);1H. The van der Waals surface area contributed by atoms with Crippen LogP contribution in [0.4, 0.5) is 4.39 Å². The van der Waals surface area contributed by atoms with Gasteiger partial charge in [0.1, 0.15) is 5.82 Å². The van der Waals surface area contributed by atoms with E-state index in [0.29, 0.717) is 30.2 Å². The normalized spacial score (nSPS) is 9.79. The second-order valence-electron chi connectivity index (χ2n) is 3.87. The first kappa shape index (κ1) is 18.2. The van der Waals surface area contributed by atoms with Gasteiger partial charge in [0.2, 0.25) is 5.91 Å². The second-order valence-corrected chi connectivity index (χ2v) is 5.01. The molecule has 0 aliphatic carbocycles. The predicted molar refractivity (Wildman–Crippen MR) is 80.3 cm³/mol. The number of unbranched alkanes of at least 4 members (excludes halogenated alkanes) is 1. The molecule has 0 radical (unpaired) electrons. The van der Waals surface area contributed by atoms with Crippen LogP contribution in [0.15, 0.2) is 29.2 Å². The molecule has 0 aliphatic heterocycles. The van der Waals surface area contributed by atoms with Crippen molar-refractivity contribution in [3.63, 3.8) is 0 Å². The highest BCUT2D eigenvalue weighted by Gasteiger charge is 2.04. The van der Waals surface area contributed by atoms with E-state index < -0.39 is 0 Å². The van der Waals surface area contributed by atoms with E-state index in [1.807, 2.05) is 0 Å². The van der Waals surface area contributed by atoms with E-state index in [2.05, 4.69) is 5.32 Å². The Morgan fingerprint density at radius 2 is 2.05 bits per heavy atom. The summed E-state index contributed by atoms with van der Waals surface area (Å²) in [5, 5.41) is 2.82. The molecule has 0 atom stereocenters. The number of carbonyl (C=O) groups excluding carboxylic acids is 1. The van der Waals surface area contributed by atoms with Crippen LogP contribution in [0.25, 0.3) is 0 Å². The van der Waals surface area contributed by atoms with Crippen molar-refractivity contribution in [2.75, 3.05) is 18.8 Å². The number of nitrogens with two attached hydrogens (primary N) is 1. The Morgan fingerprint density at radius 1 is 1.32 bits per heavy atom. The van der Waals surface area contributed by atoms with Crippen LogP contribution in [-0.4, -0.2) is 24.7 Å². The molecule has 0 spiro atoms. The van der Waals surface area contributed by atoms with Gasteiger partial charge in [-0.1, -0.05) is 12.1 Å². The highest BCUT2D eigenvalue weighted by Crippen LogP contribution is 2.21. The monoisotopic (exact) mass is 306 g/mol. The van der Waals surface area contributed by atoms with Crippen LogP contribution in [0, 0.1) is 5.82 Å². The molecule has 1 rings (SSSR count). The summed E-state index contributed by atoms with van der Waals surface area (Å²) in [6.07, 6.45) is 2.23. The van der Waals surface area contributed by atoms with Crippen molar-refractivity contribution in [3.8, 4) is 0 Å². The summed E-state index contributed by atoms with van der Waals surface area (Å²) in [7, 11) is 0. The van der Waals surface area contributed by atoms with Gasteiger partial charge < -0.3 is 11.1 Å². The first-order valence-corrected chi connectivity index (χ1v) is 7.06. The molecule has 108 valence electrons. The third kappa shape index (κ3) is 8.08. The van der Waals surface area contributed by atoms with E-state index in [4.69, 9.17) is 5.73 Å². The summed E-state index contributed by atoms with van der Waals surface area (Å²) >= 11 is 1.36. The third-order valence-electron chi connectivity index (χ3n) is 2.38. The van der Waals surface area contributed by atoms with E-state index in [1.54, 1.807) is 18.2 Å². The minimum atomic E-state index is -0.231. The first-order valence-electron chi connectivity index (χ1n) is 6.08. The fraction of sp³-hybridized carbons (Fsp3) is 0.462. The topological polar surface area (TPSA) is 55.1 Å². The molecule has 0 bridgehead atoms. The van der Waals surface area contributed by atoms with Gasteiger partial charge in [0.25, 0.3) is 0 Å². The number of rotatable bonds is 8. The lowest BCUT2D eigenvalue weighted by molar-refractivity contribution is -0.120. The SMILES string of the molecule is Cl.NCCCCNC(=O)CCSc1ccccc1F. The Hall–Kier alpha value is -0.780. The minimum Gasteiger partial charge on any atom is -0.356 e. The van der Waals surface area contributed by atoms with Crippen molar-refractivity contribution in [1.29, 1.82) is 0 Å². The zero-order chi connectivity index (χ0) is 13.2. The van der Waals surface area contributed by atoms with E-state index in [-0.39, 0.29) is 24.1 Å². The fourth-order valence-corrected chi connectivity index (χ4v) is 2.29. The van der Waals surface area contributed by atoms with E-state index in [0.717, 1.165) is 12.8 Å². The zero-order valence-electron chi connectivity index (χ0n) is 10.7. The highest BCUT2D eigenvalue weighted by molar-refractivity contribution is 7.99. The van der Waals surface area contributed by atoms with Gasteiger partial charge in [0.05, 0.1) is 0 Å². The molecule has 0 fully saturated rings. The van der Waals surface area contributed by atoms with Gasteiger partial charge >= 0.3 is 0 Å². The number of thioether (sulfide) groups is 1.